The molecule has 0 aliphatic carbocycles. The number of esters is 2. The molecule has 0 bridgehead atoms. The molecule has 0 spiro atoms. The zero-order valence-corrected chi connectivity index (χ0v) is 5.99. The molecular formula is C6H10BaO5. The molecule has 0 fully saturated rings. The van der Waals surface area contributed by atoms with Crippen LogP contribution in [0.2, 0.25) is 0 Å². The zero-order chi connectivity index (χ0) is 8.85. The molecule has 0 aromatic carbocycles. The van der Waals surface area contributed by atoms with Crippen LogP contribution < -0.4 is 0 Å². The molecule has 0 aromatic rings. The van der Waals surface area contributed by atoms with Crippen LogP contribution in [-0.4, -0.2) is 71.9 Å². The van der Waals surface area contributed by atoms with Crippen molar-refractivity contribution in [2.24, 2.45) is 0 Å². The van der Waals surface area contributed by atoms with E-state index in [4.69, 9.17) is 5.11 Å². The number of hydrogen-bond acceptors (Lipinski definition) is 4. The molecule has 0 atom stereocenters. The Labute approximate surface area is 110 Å². The summed E-state index contributed by atoms with van der Waals surface area (Å²) in [5.41, 5.74) is 0. The van der Waals surface area contributed by atoms with Crippen LogP contribution in [0, 0.1) is 0 Å². The fraction of sp³-hybridized carbons (Fsp3) is 0.500. The summed E-state index contributed by atoms with van der Waals surface area (Å²) >= 11 is 0. The van der Waals surface area contributed by atoms with Crippen LogP contribution in [0.15, 0.2) is 0 Å². The van der Waals surface area contributed by atoms with Crippen molar-refractivity contribution in [3.05, 3.63) is 0 Å². The number of aliphatic carboxylic acids is 1. The summed E-state index contributed by atoms with van der Waals surface area (Å²) in [5.74, 6) is -2.62. The van der Waals surface area contributed by atoms with Gasteiger partial charge in [0.1, 0.15) is 0 Å². The van der Waals surface area contributed by atoms with Crippen molar-refractivity contribution in [3.63, 3.8) is 0 Å². The number of carbonyl (C=O) groups is 3. The topological polar surface area (TPSA) is 80.7 Å². The molecule has 0 rings (SSSR count). The van der Waals surface area contributed by atoms with Gasteiger partial charge in [0.05, 0.1) is 12.8 Å². The minimum atomic E-state index is -1.09. The van der Waals surface area contributed by atoms with Crippen LogP contribution >= 0.6 is 0 Å². The van der Waals surface area contributed by atoms with Crippen molar-refractivity contribution in [3.8, 4) is 0 Å². The number of rotatable bonds is 3. The predicted octanol–water partition coefficient (Wildman–Crippen LogP) is -0.975. The van der Waals surface area contributed by atoms with Crippen LogP contribution in [0.3, 0.4) is 0 Å². The molecule has 0 aliphatic rings. The second-order valence-corrected chi connectivity index (χ2v) is 1.86. The first kappa shape index (κ1) is 14.7. The number of hydrogen-bond donors (Lipinski definition) is 1. The van der Waals surface area contributed by atoms with Crippen molar-refractivity contribution in [1.29, 1.82) is 0 Å². The maximum atomic E-state index is 10.5. The van der Waals surface area contributed by atoms with E-state index in [-0.39, 0.29) is 61.7 Å². The molecular weight excluding hydrogens is 289 g/mol. The SMILES string of the molecule is CC(=O)OC(=O)CCC(=O)O.[BaH2]. The van der Waals surface area contributed by atoms with E-state index in [9.17, 15) is 14.4 Å². The van der Waals surface area contributed by atoms with Crippen LogP contribution in [0.4, 0.5) is 0 Å². The maximum absolute atomic E-state index is 10.5. The summed E-state index contributed by atoms with van der Waals surface area (Å²) < 4.78 is 4.06. The summed E-state index contributed by atoms with van der Waals surface area (Å²) in [6.07, 6.45) is -0.582. The summed E-state index contributed by atoms with van der Waals surface area (Å²) in [5, 5.41) is 8.10. The van der Waals surface area contributed by atoms with Crippen molar-refractivity contribution in [1.82, 2.24) is 0 Å². The second-order valence-electron chi connectivity index (χ2n) is 1.86. The Bertz CT molecular complexity index is 188. The molecule has 66 valence electrons. The van der Waals surface area contributed by atoms with Crippen LogP contribution in [0.25, 0.3) is 0 Å². The van der Waals surface area contributed by atoms with Gasteiger partial charge in [-0.1, -0.05) is 0 Å². The molecule has 6 heteroatoms. The fourth-order valence-electron chi connectivity index (χ4n) is 0.420. The first-order chi connectivity index (χ1) is 5.02. The molecule has 0 amide bonds. The minimum absolute atomic E-state index is 0. The average molecular weight is 299 g/mol. The van der Waals surface area contributed by atoms with E-state index in [2.05, 4.69) is 4.74 Å². The van der Waals surface area contributed by atoms with Crippen molar-refractivity contribution < 1.29 is 24.2 Å². The van der Waals surface area contributed by atoms with Gasteiger partial charge in [-0.05, 0) is 0 Å². The molecule has 0 saturated heterocycles. The van der Waals surface area contributed by atoms with E-state index in [1.54, 1.807) is 0 Å². The number of carboxylic acids is 1. The van der Waals surface area contributed by atoms with Crippen molar-refractivity contribution in [2.45, 2.75) is 19.8 Å². The zero-order valence-electron chi connectivity index (χ0n) is 5.99. The van der Waals surface area contributed by atoms with Gasteiger partial charge in [-0.15, -0.1) is 0 Å². The Balaban J connectivity index is 0. The van der Waals surface area contributed by atoms with Crippen molar-refractivity contribution in [2.75, 3.05) is 0 Å². The molecule has 0 radical (unpaired) electrons. The van der Waals surface area contributed by atoms with E-state index in [1.807, 2.05) is 0 Å². The van der Waals surface area contributed by atoms with Crippen LogP contribution in [0.5, 0.6) is 0 Å². The second kappa shape index (κ2) is 7.81. The van der Waals surface area contributed by atoms with Gasteiger partial charge in [-0.3, -0.25) is 14.4 Å². The van der Waals surface area contributed by atoms with E-state index in [0.29, 0.717) is 0 Å². The Morgan fingerprint density at radius 2 is 1.75 bits per heavy atom. The Morgan fingerprint density at radius 1 is 1.25 bits per heavy atom. The van der Waals surface area contributed by atoms with E-state index in [1.165, 1.54) is 0 Å². The van der Waals surface area contributed by atoms with E-state index < -0.39 is 17.9 Å². The van der Waals surface area contributed by atoms with Gasteiger partial charge in [0, 0.05) is 6.92 Å². The van der Waals surface area contributed by atoms with Gasteiger partial charge in [0.25, 0.3) is 0 Å². The summed E-state index contributed by atoms with van der Waals surface area (Å²) in [4.78, 5) is 30.5. The van der Waals surface area contributed by atoms with Gasteiger partial charge in [0.2, 0.25) is 0 Å². The summed E-state index contributed by atoms with van der Waals surface area (Å²) in [6.45, 7) is 1.08. The van der Waals surface area contributed by atoms with Gasteiger partial charge in [-0.25, -0.2) is 0 Å². The third-order valence-corrected chi connectivity index (χ3v) is 0.801. The van der Waals surface area contributed by atoms with E-state index in [0.717, 1.165) is 6.92 Å². The van der Waals surface area contributed by atoms with Gasteiger partial charge >= 0.3 is 66.8 Å². The Kier molecular flexibility index (Phi) is 9.56. The first-order valence-electron chi connectivity index (χ1n) is 2.95. The Morgan fingerprint density at radius 3 is 2.08 bits per heavy atom. The number of carbonyl (C=O) groups excluding carboxylic acids is 2. The molecule has 5 nitrogen and oxygen atoms in total. The van der Waals surface area contributed by atoms with Gasteiger partial charge < -0.3 is 9.84 Å². The van der Waals surface area contributed by atoms with Crippen LogP contribution in [0.1, 0.15) is 19.8 Å². The quantitative estimate of drug-likeness (QED) is 0.412. The number of carboxylic acid groups (broad SMARTS) is 1. The van der Waals surface area contributed by atoms with Gasteiger partial charge in [0.15, 0.2) is 0 Å². The third-order valence-electron chi connectivity index (χ3n) is 0.801. The summed E-state index contributed by atoms with van der Waals surface area (Å²) in [6, 6.07) is 0. The normalized spacial score (nSPS) is 8.08. The van der Waals surface area contributed by atoms with Gasteiger partial charge in [-0.2, -0.15) is 0 Å². The van der Waals surface area contributed by atoms with E-state index >= 15 is 0 Å². The molecule has 0 saturated carbocycles. The van der Waals surface area contributed by atoms with Crippen molar-refractivity contribution >= 4 is 66.8 Å². The summed E-state index contributed by atoms with van der Waals surface area (Å²) in [7, 11) is 0. The third kappa shape index (κ3) is 10.2. The first-order valence-corrected chi connectivity index (χ1v) is 2.95. The molecule has 0 unspecified atom stereocenters. The monoisotopic (exact) mass is 300 g/mol. The fourth-order valence-corrected chi connectivity index (χ4v) is 0.420. The predicted molar refractivity (Wildman–Crippen MR) is 42.2 cm³/mol. The molecule has 0 heterocycles. The average Bonchev–Trinajstić information content (AvgIpc) is 1.82. The molecule has 1 N–H and O–H groups in total. The standard InChI is InChI=1S/C6H8O5.Ba.2H/c1-4(7)11-6(10)3-2-5(8)9;;;/h2-3H2,1H3,(H,8,9);;;. The molecule has 12 heavy (non-hydrogen) atoms. The molecule has 0 aromatic heterocycles. The number of ether oxygens (including phenoxy) is 1. The van der Waals surface area contributed by atoms with Crippen LogP contribution in [-0.2, 0) is 19.1 Å². The Hall–Kier alpha value is 0.181. The molecule has 0 aliphatic heterocycles.